The second-order valence-corrected chi connectivity index (χ2v) is 7.64. The quantitative estimate of drug-likeness (QED) is 0.231. The van der Waals surface area contributed by atoms with Crippen LogP contribution in [-0.4, -0.2) is 9.71 Å². The molecule has 0 amide bonds. The minimum atomic E-state index is -4.45. The SMILES string of the molecule is CC(On1ccc2ncc(-c3cccc(C(F)(F)F)c3)cc21)c1c(Cl)ccc(F)c1Cl. The standard InChI is InChI=1S/C22H14Cl2F4N2O/c1-12(20-16(23)5-6-17(25)21(20)24)31-30-8-7-18-19(30)10-14(11-29-18)13-3-2-4-15(9-13)22(26,27)28/h2-12H,1H3. The van der Waals surface area contributed by atoms with Crippen LogP contribution >= 0.6 is 23.2 Å². The third-order valence-electron chi connectivity index (χ3n) is 4.78. The lowest BCUT2D eigenvalue weighted by Crippen LogP contribution is -2.16. The fourth-order valence-corrected chi connectivity index (χ4v) is 3.93. The predicted octanol–water partition coefficient (Wildman–Crippen LogP) is 7.36. The van der Waals surface area contributed by atoms with Crippen LogP contribution in [0.3, 0.4) is 0 Å². The van der Waals surface area contributed by atoms with Crippen LogP contribution in [0.5, 0.6) is 0 Å². The Morgan fingerprint density at radius 3 is 2.55 bits per heavy atom. The molecule has 0 spiro atoms. The zero-order chi connectivity index (χ0) is 22.3. The Balaban J connectivity index is 1.71. The van der Waals surface area contributed by atoms with Crippen molar-refractivity contribution in [1.82, 2.24) is 9.71 Å². The van der Waals surface area contributed by atoms with E-state index in [0.29, 0.717) is 22.2 Å². The Kier molecular flexibility index (Phi) is 5.58. The maximum Gasteiger partial charge on any atom is 0.416 e. The summed E-state index contributed by atoms with van der Waals surface area (Å²) in [7, 11) is 0. The summed E-state index contributed by atoms with van der Waals surface area (Å²) in [5, 5.41) is 0.109. The van der Waals surface area contributed by atoms with Crippen LogP contribution in [0.4, 0.5) is 17.6 Å². The molecule has 0 aliphatic heterocycles. The summed E-state index contributed by atoms with van der Waals surface area (Å²) in [6.45, 7) is 1.66. The molecule has 0 aliphatic rings. The van der Waals surface area contributed by atoms with E-state index in [1.807, 2.05) is 0 Å². The molecule has 1 unspecified atom stereocenters. The topological polar surface area (TPSA) is 27.1 Å². The number of alkyl halides is 3. The average molecular weight is 469 g/mol. The van der Waals surface area contributed by atoms with E-state index in [2.05, 4.69) is 4.98 Å². The van der Waals surface area contributed by atoms with Crippen molar-refractivity contribution in [3.8, 4) is 11.1 Å². The lowest BCUT2D eigenvalue weighted by Gasteiger charge is -2.19. The third-order valence-corrected chi connectivity index (χ3v) is 5.50. The summed E-state index contributed by atoms with van der Waals surface area (Å²) in [6, 6.07) is 10.9. The Morgan fingerprint density at radius 1 is 1.03 bits per heavy atom. The van der Waals surface area contributed by atoms with Crippen molar-refractivity contribution in [2.75, 3.05) is 0 Å². The minimum absolute atomic E-state index is 0.140. The molecule has 0 saturated carbocycles. The Morgan fingerprint density at radius 2 is 1.81 bits per heavy atom. The van der Waals surface area contributed by atoms with Gasteiger partial charge in [-0.3, -0.25) is 4.98 Å². The maximum atomic E-state index is 13.9. The highest BCUT2D eigenvalue weighted by Crippen LogP contribution is 2.35. The first-order valence-electron chi connectivity index (χ1n) is 9.10. The Labute approximate surface area is 184 Å². The molecule has 3 nitrogen and oxygen atoms in total. The molecule has 0 aliphatic carbocycles. The van der Waals surface area contributed by atoms with E-state index in [0.717, 1.165) is 18.2 Å². The molecule has 4 aromatic rings. The van der Waals surface area contributed by atoms with Crippen LogP contribution in [0, 0.1) is 5.82 Å². The number of aromatic nitrogens is 2. The first-order chi connectivity index (χ1) is 14.6. The van der Waals surface area contributed by atoms with Gasteiger partial charge in [-0.15, -0.1) is 0 Å². The summed E-state index contributed by atoms with van der Waals surface area (Å²) in [5.74, 6) is -0.623. The maximum absolute atomic E-state index is 13.9. The van der Waals surface area contributed by atoms with Crippen molar-refractivity contribution in [1.29, 1.82) is 0 Å². The van der Waals surface area contributed by atoms with E-state index < -0.39 is 23.7 Å². The van der Waals surface area contributed by atoms with Crippen molar-refractivity contribution in [2.24, 2.45) is 0 Å². The lowest BCUT2D eigenvalue weighted by molar-refractivity contribution is -0.137. The molecule has 0 bridgehead atoms. The molecule has 1 atom stereocenters. The number of halogens is 6. The highest BCUT2D eigenvalue weighted by molar-refractivity contribution is 6.36. The zero-order valence-electron chi connectivity index (χ0n) is 15.9. The van der Waals surface area contributed by atoms with E-state index >= 15 is 0 Å². The first-order valence-corrected chi connectivity index (χ1v) is 9.86. The smallest absolute Gasteiger partial charge is 0.406 e. The molecule has 4 rings (SSSR count). The van der Waals surface area contributed by atoms with Crippen molar-refractivity contribution >= 4 is 34.2 Å². The highest BCUT2D eigenvalue weighted by Gasteiger charge is 2.30. The molecular weight excluding hydrogens is 455 g/mol. The second-order valence-electron chi connectivity index (χ2n) is 6.85. The molecule has 2 heterocycles. The number of pyridine rings is 1. The van der Waals surface area contributed by atoms with Gasteiger partial charge in [0, 0.05) is 28.5 Å². The Bertz CT molecular complexity index is 1270. The van der Waals surface area contributed by atoms with Crippen LogP contribution in [0.1, 0.15) is 24.2 Å². The molecule has 9 heteroatoms. The van der Waals surface area contributed by atoms with E-state index in [9.17, 15) is 17.6 Å². The number of nitrogens with zero attached hydrogens (tertiary/aromatic N) is 2. The molecule has 0 N–H and O–H groups in total. The van der Waals surface area contributed by atoms with Crippen molar-refractivity contribution < 1.29 is 22.4 Å². The highest BCUT2D eigenvalue weighted by atomic mass is 35.5. The van der Waals surface area contributed by atoms with Crippen LogP contribution in [0.25, 0.3) is 22.2 Å². The van der Waals surface area contributed by atoms with Gasteiger partial charge in [-0.25, -0.2) is 4.39 Å². The number of fused-ring (bicyclic) bond motifs is 1. The van der Waals surface area contributed by atoms with Crippen LogP contribution in [0.15, 0.2) is 60.9 Å². The number of hydrogen-bond acceptors (Lipinski definition) is 2. The molecule has 0 saturated heterocycles. The summed E-state index contributed by atoms with van der Waals surface area (Å²) in [5.41, 5.74) is 1.47. The normalized spacial score (nSPS) is 12.9. The molecule has 2 aromatic carbocycles. The lowest BCUT2D eigenvalue weighted by atomic mass is 10.0. The van der Waals surface area contributed by atoms with Gasteiger partial charge in [0.25, 0.3) is 0 Å². The van der Waals surface area contributed by atoms with E-state index in [4.69, 9.17) is 28.0 Å². The fraction of sp³-hybridized carbons (Fsp3) is 0.136. The molecule has 160 valence electrons. The van der Waals surface area contributed by atoms with Gasteiger partial charge in [0.1, 0.15) is 11.3 Å². The second kappa shape index (κ2) is 8.05. The van der Waals surface area contributed by atoms with Gasteiger partial charge >= 0.3 is 6.18 Å². The summed E-state index contributed by atoms with van der Waals surface area (Å²) in [6.07, 6.45) is -2.07. The number of rotatable bonds is 4. The average Bonchev–Trinajstić information content (AvgIpc) is 3.12. The van der Waals surface area contributed by atoms with Gasteiger partial charge in [-0.05, 0) is 48.9 Å². The van der Waals surface area contributed by atoms with Gasteiger partial charge in [-0.2, -0.15) is 17.9 Å². The molecular formula is C22H14Cl2F4N2O. The molecule has 31 heavy (non-hydrogen) atoms. The summed E-state index contributed by atoms with van der Waals surface area (Å²) >= 11 is 12.2. The van der Waals surface area contributed by atoms with E-state index in [1.165, 1.54) is 23.1 Å². The van der Waals surface area contributed by atoms with Gasteiger partial charge in [0.2, 0.25) is 0 Å². The third kappa shape index (κ3) is 4.20. The van der Waals surface area contributed by atoms with E-state index in [1.54, 1.807) is 31.3 Å². The number of benzene rings is 2. The van der Waals surface area contributed by atoms with Crippen LogP contribution < -0.4 is 4.84 Å². The Hall–Kier alpha value is -2.77. The van der Waals surface area contributed by atoms with Gasteiger partial charge in [-0.1, -0.05) is 35.3 Å². The number of hydrogen-bond donors (Lipinski definition) is 0. The summed E-state index contributed by atoms with van der Waals surface area (Å²) in [4.78, 5) is 10.2. The van der Waals surface area contributed by atoms with Gasteiger partial charge < -0.3 is 4.84 Å². The minimum Gasteiger partial charge on any atom is -0.406 e. The zero-order valence-corrected chi connectivity index (χ0v) is 17.4. The van der Waals surface area contributed by atoms with Gasteiger partial charge in [0.05, 0.1) is 16.1 Å². The van der Waals surface area contributed by atoms with Crippen molar-refractivity contribution in [2.45, 2.75) is 19.2 Å². The van der Waals surface area contributed by atoms with Crippen LogP contribution in [-0.2, 0) is 6.18 Å². The van der Waals surface area contributed by atoms with E-state index in [-0.39, 0.29) is 15.6 Å². The van der Waals surface area contributed by atoms with Crippen molar-refractivity contribution in [3.05, 3.63) is 87.9 Å². The van der Waals surface area contributed by atoms with Crippen molar-refractivity contribution in [3.63, 3.8) is 0 Å². The largest absolute Gasteiger partial charge is 0.416 e. The predicted molar refractivity (Wildman–Crippen MR) is 112 cm³/mol. The summed E-state index contributed by atoms with van der Waals surface area (Å²) < 4.78 is 54.5. The first kappa shape index (κ1) is 21.5. The van der Waals surface area contributed by atoms with Crippen LogP contribution in [0.2, 0.25) is 10.0 Å². The fourth-order valence-electron chi connectivity index (χ4n) is 3.25. The molecule has 2 aromatic heterocycles. The van der Waals surface area contributed by atoms with Gasteiger partial charge in [0.15, 0.2) is 6.10 Å². The molecule has 0 radical (unpaired) electrons. The molecule has 0 fully saturated rings. The monoisotopic (exact) mass is 468 g/mol.